The molecular formula is C13H24N2. The zero-order chi connectivity index (χ0) is 11.6. The summed E-state index contributed by atoms with van der Waals surface area (Å²) in [4.78, 5) is 2.23. The molecule has 0 heterocycles. The van der Waals surface area contributed by atoms with Gasteiger partial charge in [0.1, 0.15) is 0 Å². The highest BCUT2D eigenvalue weighted by Crippen LogP contribution is 2.40. The Labute approximate surface area is 94.3 Å². The summed E-state index contributed by atoms with van der Waals surface area (Å²) in [5.41, 5.74) is 0.384. The van der Waals surface area contributed by atoms with Crippen LogP contribution < -0.4 is 0 Å². The largest absolute Gasteiger partial charge is 0.305 e. The van der Waals surface area contributed by atoms with Gasteiger partial charge in [0, 0.05) is 6.04 Å². The summed E-state index contributed by atoms with van der Waals surface area (Å²) in [7, 11) is 4.19. The van der Waals surface area contributed by atoms with Crippen LogP contribution in [0.25, 0.3) is 0 Å². The smallest absolute Gasteiger partial charge is 0.0672 e. The third-order valence-electron chi connectivity index (χ3n) is 3.87. The van der Waals surface area contributed by atoms with E-state index < -0.39 is 0 Å². The van der Waals surface area contributed by atoms with Gasteiger partial charge in [-0.1, -0.05) is 20.8 Å². The maximum atomic E-state index is 9.12. The van der Waals surface area contributed by atoms with E-state index in [1.807, 2.05) is 0 Å². The molecule has 1 fully saturated rings. The van der Waals surface area contributed by atoms with E-state index in [-0.39, 0.29) is 5.92 Å². The van der Waals surface area contributed by atoms with Crippen molar-refractivity contribution in [1.82, 2.24) is 4.90 Å². The number of rotatable bonds is 1. The number of nitriles is 1. The van der Waals surface area contributed by atoms with Crippen LogP contribution in [0.15, 0.2) is 0 Å². The number of hydrogen-bond acceptors (Lipinski definition) is 2. The molecule has 1 aliphatic carbocycles. The van der Waals surface area contributed by atoms with Gasteiger partial charge in [0.05, 0.1) is 12.0 Å². The van der Waals surface area contributed by atoms with Crippen LogP contribution in [0, 0.1) is 28.6 Å². The van der Waals surface area contributed by atoms with Gasteiger partial charge in [-0.2, -0.15) is 5.26 Å². The normalized spacial score (nSPS) is 32.7. The average Bonchev–Trinajstić information content (AvgIpc) is 2.15. The summed E-state index contributed by atoms with van der Waals surface area (Å²) in [5, 5.41) is 9.12. The van der Waals surface area contributed by atoms with Gasteiger partial charge in [-0.05, 0) is 44.7 Å². The van der Waals surface area contributed by atoms with Gasteiger partial charge < -0.3 is 4.90 Å². The van der Waals surface area contributed by atoms with Gasteiger partial charge in [-0.15, -0.1) is 0 Å². The Balaban J connectivity index is 2.71. The van der Waals surface area contributed by atoms with Crippen LogP contribution in [0.4, 0.5) is 0 Å². The van der Waals surface area contributed by atoms with Crippen molar-refractivity contribution < 1.29 is 0 Å². The van der Waals surface area contributed by atoms with Crippen molar-refractivity contribution in [2.45, 2.75) is 46.1 Å². The first kappa shape index (κ1) is 12.5. The molecule has 2 heteroatoms. The van der Waals surface area contributed by atoms with Crippen LogP contribution in [0.3, 0.4) is 0 Å². The Morgan fingerprint density at radius 3 is 2.20 bits per heavy atom. The zero-order valence-corrected chi connectivity index (χ0v) is 10.7. The van der Waals surface area contributed by atoms with E-state index in [9.17, 15) is 0 Å². The van der Waals surface area contributed by atoms with Gasteiger partial charge >= 0.3 is 0 Å². The molecule has 0 radical (unpaired) electrons. The highest BCUT2D eigenvalue weighted by Gasteiger charge is 2.36. The van der Waals surface area contributed by atoms with Crippen molar-refractivity contribution >= 4 is 0 Å². The maximum absolute atomic E-state index is 9.12. The lowest BCUT2D eigenvalue weighted by atomic mass is 9.68. The molecule has 1 aliphatic rings. The minimum Gasteiger partial charge on any atom is -0.305 e. The number of hydrogen-bond donors (Lipinski definition) is 0. The predicted octanol–water partition coefficient (Wildman–Crippen LogP) is 2.90. The molecule has 86 valence electrons. The fourth-order valence-corrected chi connectivity index (χ4v) is 2.65. The SMILES string of the molecule is CN(C)C1CC(C(C)(C)C)CCC1C#N. The molecule has 2 nitrogen and oxygen atoms in total. The molecular weight excluding hydrogens is 184 g/mol. The number of nitrogens with zero attached hydrogens (tertiary/aromatic N) is 2. The van der Waals surface area contributed by atoms with Crippen molar-refractivity contribution in [1.29, 1.82) is 5.26 Å². The van der Waals surface area contributed by atoms with Crippen molar-refractivity contribution in [3.63, 3.8) is 0 Å². The molecule has 0 aliphatic heterocycles. The van der Waals surface area contributed by atoms with E-state index in [1.165, 1.54) is 12.8 Å². The summed E-state index contributed by atoms with van der Waals surface area (Å²) in [5.74, 6) is 0.994. The molecule has 0 saturated heterocycles. The van der Waals surface area contributed by atoms with Crippen LogP contribution >= 0.6 is 0 Å². The van der Waals surface area contributed by atoms with E-state index in [4.69, 9.17) is 5.26 Å². The Morgan fingerprint density at radius 1 is 1.20 bits per heavy atom. The Morgan fingerprint density at radius 2 is 1.80 bits per heavy atom. The molecule has 1 rings (SSSR count). The average molecular weight is 208 g/mol. The summed E-state index contributed by atoms with van der Waals surface area (Å²) >= 11 is 0. The molecule has 3 unspecified atom stereocenters. The van der Waals surface area contributed by atoms with Crippen molar-refractivity contribution in [2.24, 2.45) is 17.3 Å². The van der Waals surface area contributed by atoms with Crippen LogP contribution in [0.1, 0.15) is 40.0 Å². The molecule has 0 N–H and O–H groups in total. The summed E-state index contributed by atoms with van der Waals surface area (Å²) < 4.78 is 0. The third kappa shape index (κ3) is 2.95. The molecule has 15 heavy (non-hydrogen) atoms. The highest BCUT2D eigenvalue weighted by atomic mass is 15.1. The van der Waals surface area contributed by atoms with Crippen LogP contribution in [0.2, 0.25) is 0 Å². The van der Waals surface area contributed by atoms with E-state index in [0.29, 0.717) is 11.5 Å². The predicted molar refractivity (Wildman–Crippen MR) is 63.4 cm³/mol. The first-order chi connectivity index (χ1) is 6.86. The van der Waals surface area contributed by atoms with Crippen LogP contribution in [-0.4, -0.2) is 25.0 Å². The minimum absolute atomic E-state index is 0.235. The van der Waals surface area contributed by atoms with E-state index in [1.54, 1.807) is 0 Å². The summed E-state index contributed by atoms with van der Waals surface area (Å²) in [6.45, 7) is 6.95. The quantitative estimate of drug-likeness (QED) is 0.662. The fraction of sp³-hybridized carbons (Fsp3) is 0.923. The van der Waals surface area contributed by atoms with Crippen molar-refractivity contribution in [2.75, 3.05) is 14.1 Å². The highest BCUT2D eigenvalue weighted by molar-refractivity contribution is 4.98. The molecule has 0 aromatic rings. The Hall–Kier alpha value is -0.550. The lowest BCUT2D eigenvalue weighted by Gasteiger charge is -2.42. The fourth-order valence-electron chi connectivity index (χ4n) is 2.65. The lowest BCUT2D eigenvalue weighted by molar-refractivity contribution is 0.0882. The second-order valence-electron chi connectivity index (χ2n) is 6.14. The molecule has 3 atom stereocenters. The second-order valence-corrected chi connectivity index (χ2v) is 6.14. The second kappa shape index (κ2) is 4.53. The van der Waals surface area contributed by atoms with Crippen molar-refractivity contribution in [3.8, 4) is 6.07 Å². The van der Waals surface area contributed by atoms with Gasteiger partial charge in [-0.25, -0.2) is 0 Å². The topological polar surface area (TPSA) is 27.0 Å². The monoisotopic (exact) mass is 208 g/mol. The van der Waals surface area contributed by atoms with Gasteiger partial charge in [0.2, 0.25) is 0 Å². The molecule has 0 aromatic heterocycles. The van der Waals surface area contributed by atoms with Gasteiger partial charge in [-0.3, -0.25) is 0 Å². The first-order valence-corrected chi connectivity index (χ1v) is 5.92. The minimum atomic E-state index is 0.235. The Bertz CT molecular complexity index is 244. The third-order valence-corrected chi connectivity index (χ3v) is 3.87. The van der Waals surface area contributed by atoms with E-state index >= 15 is 0 Å². The lowest BCUT2D eigenvalue weighted by Crippen LogP contribution is -2.42. The zero-order valence-electron chi connectivity index (χ0n) is 10.7. The molecule has 0 amide bonds. The standard InChI is InChI=1S/C13H24N2/c1-13(2,3)11-7-6-10(9-14)12(8-11)15(4)5/h10-12H,6-8H2,1-5H3. The van der Waals surface area contributed by atoms with E-state index in [0.717, 1.165) is 12.3 Å². The van der Waals surface area contributed by atoms with Crippen LogP contribution in [-0.2, 0) is 0 Å². The van der Waals surface area contributed by atoms with Crippen LogP contribution in [0.5, 0.6) is 0 Å². The van der Waals surface area contributed by atoms with Crippen molar-refractivity contribution in [3.05, 3.63) is 0 Å². The van der Waals surface area contributed by atoms with Gasteiger partial charge in [0.15, 0.2) is 0 Å². The maximum Gasteiger partial charge on any atom is 0.0672 e. The van der Waals surface area contributed by atoms with E-state index in [2.05, 4.69) is 45.8 Å². The summed E-state index contributed by atoms with van der Waals surface area (Å²) in [6.07, 6.45) is 3.46. The molecule has 1 saturated carbocycles. The molecule has 0 aromatic carbocycles. The van der Waals surface area contributed by atoms with Gasteiger partial charge in [0.25, 0.3) is 0 Å². The Kier molecular flexibility index (Phi) is 3.78. The first-order valence-electron chi connectivity index (χ1n) is 5.92. The summed E-state index contributed by atoms with van der Waals surface area (Å²) in [6, 6.07) is 2.92. The molecule has 0 bridgehead atoms. The molecule has 0 spiro atoms.